The molecule has 0 fully saturated rings. The molecule has 0 saturated carbocycles. The second-order valence-corrected chi connectivity index (χ2v) is 7.25. The molecule has 6 nitrogen and oxygen atoms in total. The van der Waals surface area contributed by atoms with Gasteiger partial charge in [-0.3, -0.25) is 9.59 Å². The molecule has 0 spiro atoms. The van der Waals surface area contributed by atoms with Gasteiger partial charge in [-0.1, -0.05) is 13.0 Å². The van der Waals surface area contributed by atoms with E-state index in [1.807, 2.05) is 6.92 Å². The smallest absolute Gasteiger partial charge is 0.252 e. The third-order valence-corrected chi connectivity index (χ3v) is 4.28. The summed E-state index contributed by atoms with van der Waals surface area (Å²) in [6.45, 7) is 5.77. The fourth-order valence-electron chi connectivity index (χ4n) is 1.82. The zero-order chi connectivity index (χ0) is 16.9. The zero-order valence-electron chi connectivity index (χ0n) is 13.3. The summed E-state index contributed by atoms with van der Waals surface area (Å²) in [5.74, 6) is -0.741. The van der Waals surface area contributed by atoms with Gasteiger partial charge in [0.1, 0.15) is 6.04 Å². The summed E-state index contributed by atoms with van der Waals surface area (Å²) in [5, 5.41) is 5.27. The van der Waals surface area contributed by atoms with Crippen LogP contribution in [-0.2, 0) is 14.6 Å². The van der Waals surface area contributed by atoms with Crippen LogP contribution in [-0.4, -0.2) is 39.1 Å². The molecule has 1 atom stereocenters. The predicted octanol–water partition coefficient (Wildman–Crippen LogP) is 1.04. The Balaban J connectivity index is 2.92. The molecule has 2 amide bonds. The van der Waals surface area contributed by atoms with E-state index >= 15 is 0 Å². The molecule has 0 radical (unpaired) electrons. The van der Waals surface area contributed by atoms with Crippen LogP contribution in [0.2, 0.25) is 0 Å². The molecule has 0 heterocycles. The SMILES string of the molecule is CCCNC(=O)[C@H](C)NC(=O)c1cc(S(C)(=O)=O)ccc1C. The third kappa shape index (κ3) is 4.84. The van der Waals surface area contributed by atoms with Gasteiger partial charge in [-0.2, -0.15) is 0 Å². The van der Waals surface area contributed by atoms with Crippen molar-refractivity contribution in [2.24, 2.45) is 0 Å². The molecule has 7 heteroatoms. The van der Waals surface area contributed by atoms with Gasteiger partial charge < -0.3 is 10.6 Å². The lowest BCUT2D eigenvalue weighted by Gasteiger charge is -2.15. The maximum Gasteiger partial charge on any atom is 0.252 e. The van der Waals surface area contributed by atoms with E-state index in [0.717, 1.165) is 12.7 Å². The molecule has 0 aliphatic heterocycles. The van der Waals surface area contributed by atoms with Crippen LogP contribution in [0.5, 0.6) is 0 Å². The van der Waals surface area contributed by atoms with Crippen molar-refractivity contribution >= 4 is 21.7 Å². The number of hydrogen-bond acceptors (Lipinski definition) is 4. The van der Waals surface area contributed by atoms with E-state index in [0.29, 0.717) is 12.1 Å². The summed E-state index contributed by atoms with van der Waals surface area (Å²) in [6, 6.07) is 3.67. The Hall–Kier alpha value is -1.89. The van der Waals surface area contributed by atoms with Gasteiger partial charge in [0.2, 0.25) is 5.91 Å². The minimum absolute atomic E-state index is 0.0753. The summed E-state index contributed by atoms with van der Waals surface area (Å²) in [5.41, 5.74) is 0.893. The summed E-state index contributed by atoms with van der Waals surface area (Å²) in [7, 11) is -3.39. The minimum atomic E-state index is -3.39. The van der Waals surface area contributed by atoms with Crippen molar-refractivity contribution in [2.75, 3.05) is 12.8 Å². The van der Waals surface area contributed by atoms with Crippen LogP contribution >= 0.6 is 0 Å². The predicted molar refractivity (Wildman–Crippen MR) is 84.5 cm³/mol. The lowest BCUT2D eigenvalue weighted by atomic mass is 10.1. The van der Waals surface area contributed by atoms with Crippen molar-refractivity contribution in [2.45, 2.75) is 38.1 Å². The molecule has 0 aliphatic rings. The van der Waals surface area contributed by atoms with Crippen LogP contribution in [0.15, 0.2) is 23.1 Å². The fourth-order valence-corrected chi connectivity index (χ4v) is 2.46. The monoisotopic (exact) mass is 326 g/mol. The maximum atomic E-state index is 12.2. The molecule has 1 aromatic carbocycles. The Labute approximate surface area is 131 Å². The normalized spacial score (nSPS) is 12.5. The molecule has 22 heavy (non-hydrogen) atoms. The maximum absolute atomic E-state index is 12.2. The first-order chi connectivity index (χ1) is 10.2. The highest BCUT2D eigenvalue weighted by molar-refractivity contribution is 7.90. The number of benzene rings is 1. The van der Waals surface area contributed by atoms with Crippen molar-refractivity contribution in [1.29, 1.82) is 0 Å². The molecule has 122 valence electrons. The number of carbonyl (C=O) groups excluding carboxylic acids is 2. The highest BCUT2D eigenvalue weighted by Crippen LogP contribution is 2.15. The topological polar surface area (TPSA) is 92.3 Å². The third-order valence-electron chi connectivity index (χ3n) is 3.17. The molecule has 0 unspecified atom stereocenters. The highest BCUT2D eigenvalue weighted by atomic mass is 32.2. The van der Waals surface area contributed by atoms with Crippen LogP contribution in [0.1, 0.15) is 36.2 Å². The Bertz CT molecular complexity index is 668. The van der Waals surface area contributed by atoms with Gasteiger partial charge >= 0.3 is 0 Å². The second-order valence-electron chi connectivity index (χ2n) is 5.24. The average Bonchev–Trinajstić information content (AvgIpc) is 2.43. The van der Waals surface area contributed by atoms with Crippen LogP contribution in [0, 0.1) is 6.92 Å². The number of sulfone groups is 1. The zero-order valence-corrected chi connectivity index (χ0v) is 14.1. The van der Waals surface area contributed by atoms with Crippen LogP contribution in [0.4, 0.5) is 0 Å². The fraction of sp³-hybridized carbons (Fsp3) is 0.467. The molecular formula is C15H22N2O4S. The molecule has 1 aromatic rings. The Morgan fingerprint density at radius 3 is 2.45 bits per heavy atom. The van der Waals surface area contributed by atoms with E-state index in [1.165, 1.54) is 12.1 Å². The number of hydrogen-bond donors (Lipinski definition) is 2. The Morgan fingerprint density at radius 2 is 1.91 bits per heavy atom. The lowest BCUT2D eigenvalue weighted by molar-refractivity contribution is -0.122. The van der Waals surface area contributed by atoms with Gasteiger partial charge in [0.25, 0.3) is 5.91 Å². The Morgan fingerprint density at radius 1 is 1.27 bits per heavy atom. The molecule has 1 rings (SSSR count). The molecule has 0 aliphatic carbocycles. The van der Waals surface area contributed by atoms with E-state index in [4.69, 9.17) is 0 Å². The van der Waals surface area contributed by atoms with Crippen molar-refractivity contribution in [1.82, 2.24) is 10.6 Å². The van der Waals surface area contributed by atoms with E-state index < -0.39 is 21.8 Å². The lowest BCUT2D eigenvalue weighted by Crippen LogP contribution is -2.45. The van der Waals surface area contributed by atoms with Crippen LogP contribution in [0.3, 0.4) is 0 Å². The minimum Gasteiger partial charge on any atom is -0.354 e. The molecule has 0 saturated heterocycles. The molecule has 2 N–H and O–H groups in total. The first-order valence-electron chi connectivity index (χ1n) is 7.06. The van der Waals surface area contributed by atoms with Crippen molar-refractivity contribution < 1.29 is 18.0 Å². The van der Waals surface area contributed by atoms with Gasteiger partial charge in [-0.05, 0) is 38.0 Å². The molecule has 0 aromatic heterocycles. The largest absolute Gasteiger partial charge is 0.354 e. The van der Waals surface area contributed by atoms with E-state index in [2.05, 4.69) is 10.6 Å². The van der Waals surface area contributed by atoms with Crippen LogP contribution in [0.25, 0.3) is 0 Å². The first-order valence-corrected chi connectivity index (χ1v) is 8.95. The second kappa shape index (κ2) is 7.40. The summed E-state index contributed by atoms with van der Waals surface area (Å²) in [4.78, 5) is 24.1. The van der Waals surface area contributed by atoms with Crippen molar-refractivity contribution in [3.8, 4) is 0 Å². The first kappa shape index (κ1) is 18.2. The number of amides is 2. The number of aryl methyl sites for hydroxylation is 1. The van der Waals surface area contributed by atoms with Gasteiger partial charge in [0, 0.05) is 18.4 Å². The number of rotatable bonds is 6. The van der Waals surface area contributed by atoms with Gasteiger partial charge in [-0.15, -0.1) is 0 Å². The highest BCUT2D eigenvalue weighted by Gasteiger charge is 2.19. The van der Waals surface area contributed by atoms with Gasteiger partial charge in [0.15, 0.2) is 9.84 Å². The van der Waals surface area contributed by atoms with Crippen molar-refractivity contribution in [3.63, 3.8) is 0 Å². The van der Waals surface area contributed by atoms with Crippen molar-refractivity contribution in [3.05, 3.63) is 29.3 Å². The van der Waals surface area contributed by atoms with Gasteiger partial charge in [0.05, 0.1) is 4.90 Å². The Kier molecular flexibility index (Phi) is 6.11. The molecule has 0 bridgehead atoms. The number of carbonyl (C=O) groups is 2. The summed E-state index contributed by atoms with van der Waals surface area (Å²) in [6.07, 6.45) is 1.89. The number of nitrogens with one attached hydrogen (secondary N) is 2. The van der Waals surface area contributed by atoms with E-state index in [-0.39, 0.29) is 16.4 Å². The standard InChI is InChI=1S/C15H22N2O4S/c1-5-8-16-14(18)11(3)17-15(19)13-9-12(22(4,20)21)7-6-10(13)2/h6-7,9,11H,5,8H2,1-4H3,(H,16,18)(H,17,19)/t11-/m0/s1. The van der Waals surface area contributed by atoms with Gasteiger partial charge in [-0.25, -0.2) is 8.42 Å². The summed E-state index contributed by atoms with van der Waals surface area (Å²) < 4.78 is 23.1. The molecular weight excluding hydrogens is 304 g/mol. The van der Waals surface area contributed by atoms with E-state index in [1.54, 1.807) is 19.9 Å². The van der Waals surface area contributed by atoms with Crippen LogP contribution < -0.4 is 10.6 Å². The summed E-state index contributed by atoms with van der Waals surface area (Å²) >= 11 is 0. The van der Waals surface area contributed by atoms with E-state index in [9.17, 15) is 18.0 Å². The quantitative estimate of drug-likeness (QED) is 0.817. The average molecular weight is 326 g/mol.